The first kappa shape index (κ1) is 63.8. The van der Waals surface area contributed by atoms with Crippen LogP contribution in [0.2, 0.25) is 0 Å². The molecule has 0 aliphatic carbocycles. The van der Waals surface area contributed by atoms with E-state index in [1.54, 1.807) is 0 Å². The molecule has 0 saturated carbocycles. The summed E-state index contributed by atoms with van der Waals surface area (Å²) in [5.74, 6) is -0.863. The maximum Gasteiger partial charge on any atom is 0.187 e. The lowest BCUT2D eigenvalue weighted by Gasteiger charge is -2.50. The second-order valence-electron chi connectivity index (χ2n) is 20.9. The van der Waals surface area contributed by atoms with E-state index in [0.717, 1.165) is 0 Å². The van der Waals surface area contributed by atoms with Gasteiger partial charge in [-0.05, 0) is 0 Å². The average molecular weight is 1190 g/mol. The summed E-state index contributed by atoms with van der Waals surface area (Å²) in [6.07, 6.45) is -70.8. The third-order valence-electron chi connectivity index (χ3n) is 15.5. The van der Waals surface area contributed by atoms with Crippen molar-refractivity contribution in [1.29, 1.82) is 0 Å². The number of carbonyl (C=O) groups excluding carboxylic acids is 1. The van der Waals surface area contributed by atoms with Gasteiger partial charge in [0.1, 0.15) is 184 Å². The summed E-state index contributed by atoms with van der Waals surface area (Å²) in [6, 6.07) is 0. The number of rotatable bonds is 5. The van der Waals surface area contributed by atoms with Crippen LogP contribution in [0.4, 0.5) is 0 Å². The van der Waals surface area contributed by atoms with Crippen molar-refractivity contribution in [2.45, 2.75) is 215 Å². The van der Waals surface area contributed by atoms with Gasteiger partial charge in [-0.3, -0.25) is 4.79 Å². The SMILES string of the molecule is O=C1COC[C@H]2O[C@@H]3O[C@H]4[C@H](O)[C@@H](O)[C@@H](O[C@H]5[C@H](O)[C@@H](O)[C@@H](O[C@H]6[C@H](O)[C@@H](O)[C@@H](O[C@H]7[C@H](O)[C@@H](O)[C@@H](O[C@H]8[C@H](O)[C@@H](O)[C@@H](O[C@H]9[C@H](O)[C@@H](O)[C@@H](O[C@H]2[C@H](O)[C@H]3O)O[C@@H]9CO)O[C@@H]8CO)O[C@@H]7CO)O[C@@H]6COC1)O[C@@H]5CO)O[C@@H]4CO. The Kier molecular flexibility index (Phi) is 21.3. The number of hydrogen-bond acceptors (Lipinski definition) is 36. The number of aliphatic hydroxyl groups is 19. The quantitative estimate of drug-likeness (QED) is 0.122. The van der Waals surface area contributed by atoms with E-state index < -0.39 is 280 Å². The first-order valence-corrected chi connectivity index (χ1v) is 26.1. The minimum absolute atomic E-state index is 0.798. The third kappa shape index (κ3) is 12.8. The molecule has 0 unspecified atom stereocenters. The fraction of sp³-hybridized carbons (Fsp3) is 0.978. The van der Waals surface area contributed by atoms with E-state index in [1.165, 1.54) is 0 Å². The maximum atomic E-state index is 13.4. The Bertz CT molecular complexity index is 1990. The normalized spacial score (nSPS) is 54.5. The summed E-state index contributed by atoms with van der Waals surface area (Å²) in [6.45, 7) is -8.56. The number of carbonyl (C=O) groups is 1. The van der Waals surface area contributed by atoms with Crippen LogP contribution in [-0.4, -0.2) is 377 Å². The number of Topliss-reactive ketones (excluding diaryl/α,β-unsaturated/α-hetero) is 1. The molecule has 36 nitrogen and oxygen atoms in total. The molecule has 14 saturated heterocycles. The van der Waals surface area contributed by atoms with Crippen molar-refractivity contribution >= 4 is 5.78 Å². The zero-order valence-electron chi connectivity index (χ0n) is 42.5. The molecule has 0 spiro atoms. The predicted octanol–water partition coefficient (Wildman–Crippen LogP) is -14.6. The highest BCUT2D eigenvalue weighted by molar-refractivity contribution is 5.80. The molecule has 14 aliphatic rings. The molecule has 0 aromatic heterocycles. The lowest BCUT2D eigenvalue weighted by molar-refractivity contribution is -0.396. The van der Waals surface area contributed by atoms with Gasteiger partial charge in [-0.25, -0.2) is 0 Å². The molecule has 0 aromatic rings. The van der Waals surface area contributed by atoms with Gasteiger partial charge in [0, 0.05) is 0 Å². The molecule has 468 valence electrons. The van der Waals surface area contributed by atoms with Crippen LogP contribution in [0.3, 0.4) is 0 Å². The molecule has 81 heavy (non-hydrogen) atoms. The Labute approximate surface area is 457 Å². The first-order valence-electron chi connectivity index (χ1n) is 26.1. The van der Waals surface area contributed by atoms with Gasteiger partial charge in [0.15, 0.2) is 49.8 Å². The topological polar surface area (TPSA) is 549 Å². The number of aliphatic hydroxyl groups excluding tert-OH is 19. The molecule has 14 aliphatic heterocycles. The van der Waals surface area contributed by atoms with Crippen molar-refractivity contribution in [2.24, 2.45) is 0 Å². The minimum atomic E-state index is -2.25. The molecule has 0 radical (unpaired) electrons. The third-order valence-corrected chi connectivity index (χ3v) is 15.5. The lowest BCUT2D eigenvalue weighted by atomic mass is 9.95. The highest BCUT2D eigenvalue weighted by Crippen LogP contribution is 2.39. The Morgan fingerprint density at radius 3 is 0.654 bits per heavy atom. The van der Waals surface area contributed by atoms with E-state index in [9.17, 15) is 102 Å². The predicted molar refractivity (Wildman–Crippen MR) is 241 cm³/mol. The summed E-state index contributed by atoms with van der Waals surface area (Å²) in [5, 5.41) is 213. The van der Waals surface area contributed by atoms with Crippen LogP contribution in [0.5, 0.6) is 0 Å². The fourth-order valence-electron chi connectivity index (χ4n) is 11.0. The van der Waals surface area contributed by atoms with E-state index in [-0.39, 0.29) is 0 Å². The van der Waals surface area contributed by atoms with Crippen molar-refractivity contribution in [3.8, 4) is 0 Å². The summed E-state index contributed by atoms with van der Waals surface area (Å²) in [5.41, 5.74) is 0. The van der Waals surface area contributed by atoms with Crippen LogP contribution in [0.25, 0.3) is 0 Å². The van der Waals surface area contributed by atoms with Crippen LogP contribution >= 0.6 is 0 Å². The Hall–Kier alpha value is -1.73. The van der Waals surface area contributed by atoms with Crippen LogP contribution in [0.1, 0.15) is 0 Å². The number of fused-ring (bicyclic) bond motifs is 5. The Morgan fingerprint density at radius 2 is 0.444 bits per heavy atom. The molecule has 0 aromatic carbocycles. The molecular weight excluding hydrogens is 1120 g/mol. The minimum Gasteiger partial charge on any atom is -0.394 e. The molecule has 14 bridgehead atoms. The van der Waals surface area contributed by atoms with Gasteiger partial charge in [-0.1, -0.05) is 0 Å². The second kappa shape index (κ2) is 27.1. The summed E-state index contributed by atoms with van der Waals surface area (Å²) >= 11 is 0. The largest absolute Gasteiger partial charge is 0.394 e. The molecule has 14 fully saturated rings. The van der Waals surface area contributed by atoms with Gasteiger partial charge in [0.25, 0.3) is 0 Å². The van der Waals surface area contributed by atoms with Crippen LogP contribution in [0.15, 0.2) is 0 Å². The summed E-state index contributed by atoms with van der Waals surface area (Å²) < 4.78 is 92.7. The highest BCUT2D eigenvalue weighted by Gasteiger charge is 2.59. The average Bonchev–Trinajstić information content (AvgIpc) is 3.54. The molecule has 35 atom stereocenters. The van der Waals surface area contributed by atoms with Gasteiger partial charge in [-0.2, -0.15) is 0 Å². The number of hydrogen-bond donors (Lipinski definition) is 19. The van der Waals surface area contributed by atoms with E-state index in [1.807, 2.05) is 0 Å². The molecule has 14 heterocycles. The van der Waals surface area contributed by atoms with Gasteiger partial charge < -0.3 is 173 Å². The molecule has 0 amide bonds. The van der Waals surface area contributed by atoms with Crippen molar-refractivity contribution in [2.75, 3.05) is 59.5 Å². The van der Waals surface area contributed by atoms with E-state index in [2.05, 4.69) is 0 Å². The van der Waals surface area contributed by atoms with E-state index >= 15 is 0 Å². The highest BCUT2D eigenvalue weighted by atomic mass is 16.8. The number of ketones is 1. The maximum absolute atomic E-state index is 13.4. The van der Waals surface area contributed by atoms with E-state index in [0.29, 0.717) is 0 Å². The van der Waals surface area contributed by atoms with Gasteiger partial charge in [-0.15, -0.1) is 0 Å². The van der Waals surface area contributed by atoms with Gasteiger partial charge >= 0.3 is 0 Å². The van der Waals surface area contributed by atoms with Crippen molar-refractivity contribution in [3.63, 3.8) is 0 Å². The molecule has 19 N–H and O–H groups in total. The summed E-state index contributed by atoms with van der Waals surface area (Å²) in [7, 11) is 0. The van der Waals surface area contributed by atoms with Crippen molar-refractivity contribution in [3.05, 3.63) is 0 Å². The summed E-state index contributed by atoms with van der Waals surface area (Å²) in [4.78, 5) is 13.4. The fourth-order valence-corrected chi connectivity index (χ4v) is 11.0. The van der Waals surface area contributed by atoms with Crippen molar-refractivity contribution in [1.82, 2.24) is 0 Å². The smallest absolute Gasteiger partial charge is 0.187 e. The molecule has 14 rings (SSSR count). The van der Waals surface area contributed by atoms with Crippen LogP contribution < -0.4 is 0 Å². The second-order valence-corrected chi connectivity index (χ2v) is 20.9. The molecular formula is C45H72O36. The zero-order chi connectivity index (χ0) is 58.5. The zero-order valence-corrected chi connectivity index (χ0v) is 42.5. The van der Waals surface area contributed by atoms with Crippen molar-refractivity contribution < 1.29 is 178 Å². The number of ether oxygens (including phenoxy) is 16. The monoisotopic (exact) mass is 1190 g/mol. The lowest BCUT2D eigenvalue weighted by Crippen LogP contribution is -2.68. The van der Waals surface area contributed by atoms with Gasteiger partial charge in [0.2, 0.25) is 0 Å². The van der Waals surface area contributed by atoms with Gasteiger partial charge in [0.05, 0.1) is 46.2 Å². The standard InChI is InChI=1S/C45H72O36/c46-1-11-32-18(52)25(59)39(68-11)76-33-12(2-47)71-42(28(62)21(33)55)80-37-16-8-66-6-10(51)7-67-9-17-38(23(57)30(64)44(73-17)78-35-14(4-49)69-40(75-32)26(60)19(35)53)81-43-29(63)22(56)34(13(3-48)72-43)77-41-27(61)20(54)36(15(5-50)70-41)79-45(74-16)31(65)24(37)58/h11-50,52-65H,1-9H2/t11-,12-,13-,14-,15-,16-,17-,18-,19-,20-,21-,22-,23-,24-,25-,26-,27-,28-,29-,30-,31-,32-,33-,34-,35-,36-,37-,38-,39-,40-,41-,42-,43-,44-,45-/m1/s1. The first-order chi connectivity index (χ1) is 38.6. The Balaban J connectivity index is 1.08. The molecule has 36 heteroatoms. The van der Waals surface area contributed by atoms with Crippen LogP contribution in [0, 0.1) is 0 Å². The van der Waals surface area contributed by atoms with Crippen LogP contribution in [-0.2, 0) is 80.6 Å². The Morgan fingerprint density at radius 1 is 0.259 bits per heavy atom. The van der Waals surface area contributed by atoms with E-state index in [4.69, 9.17) is 75.8 Å².